The summed E-state index contributed by atoms with van der Waals surface area (Å²) in [5, 5.41) is 3.57. The smallest absolute Gasteiger partial charge is 0.0485 e. The molecule has 2 aromatic carbocycles. The van der Waals surface area contributed by atoms with Crippen molar-refractivity contribution in [3.05, 3.63) is 63.6 Å². The number of hydrogen-bond acceptors (Lipinski definition) is 1. The maximum absolute atomic E-state index is 3.57. The van der Waals surface area contributed by atoms with Crippen molar-refractivity contribution in [1.82, 2.24) is 0 Å². The summed E-state index contributed by atoms with van der Waals surface area (Å²) in [6.45, 7) is 6.50. The minimum absolute atomic E-state index is 0.311. The van der Waals surface area contributed by atoms with Gasteiger partial charge in [0.25, 0.3) is 0 Å². The summed E-state index contributed by atoms with van der Waals surface area (Å²) in [7, 11) is 0. The lowest BCUT2D eigenvalue weighted by Crippen LogP contribution is -2.07. The maximum atomic E-state index is 3.57. The van der Waals surface area contributed by atoms with Crippen LogP contribution in [0.5, 0.6) is 0 Å². The number of anilines is 1. The highest BCUT2D eigenvalue weighted by Gasteiger charge is 2.07. The first kappa shape index (κ1) is 14.1. The average molecular weight is 318 g/mol. The van der Waals surface area contributed by atoms with Crippen LogP contribution in [0, 0.1) is 6.92 Å². The summed E-state index contributed by atoms with van der Waals surface area (Å²) in [5.74, 6) is 0. The number of halogens is 1. The first-order valence-corrected chi connectivity index (χ1v) is 7.51. The predicted octanol–water partition coefficient (Wildman–Crippen LogP) is 5.49. The zero-order valence-corrected chi connectivity index (χ0v) is 13.3. The lowest BCUT2D eigenvalue weighted by Gasteiger charge is -2.18. The van der Waals surface area contributed by atoms with E-state index in [0.29, 0.717) is 6.04 Å². The summed E-state index contributed by atoms with van der Waals surface area (Å²) in [5.41, 5.74) is 5.15. The highest BCUT2D eigenvalue weighted by molar-refractivity contribution is 9.10. The van der Waals surface area contributed by atoms with E-state index in [9.17, 15) is 0 Å². The second-order valence-corrected chi connectivity index (χ2v) is 5.84. The van der Waals surface area contributed by atoms with Crippen molar-refractivity contribution < 1.29 is 0 Å². The van der Waals surface area contributed by atoms with Crippen molar-refractivity contribution in [2.75, 3.05) is 5.32 Å². The van der Waals surface area contributed by atoms with Crippen LogP contribution < -0.4 is 5.32 Å². The largest absolute Gasteiger partial charge is 0.378 e. The molecule has 1 nitrogen and oxygen atoms in total. The molecule has 0 amide bonds. The van der Waals surface area contributed by atoms with Crippen molar-refractivity contribution in [1.29, 1.82) is 0 Å². The van der Waals surface area contributed by atoms with Crippen molar-refractivity contribution in [2.45, 2.75) is 33.2 Å². The molecule has 2 aromatic rings. The SMILES string of the molecule is CCc1ccc(C(C)Nc2ccc(Br)cc2C)cc1. The Morgan fingerprint density at radius 3 is 2.37 bits per heavy atom. The van der Waals surface area contributed by atoms with Crippen LogP contribution in [0.1, 0.15) is 36.6 Å². The molecule has 1 unspecified atom stereocenters. The fourth-order valence-electron chi connectivity index (χ4n) is 2.15. The van der Waals surface area contributed by atoms with Crippen LogP contribution in [0.15, 0.2) is 46.9 Å². The van der Waals surface area contributed by atoms with E-state index in [0.717, 1.165) is 10.9 Å². The van der Waals surface area contributed by atoms with E-state index in [-0.39, 0.29) is 0 Å². The molecule has 0 heterocycles. The molecule has 2 rings (SSSR count). The standard InChI is InChI=1S/C17H20BrN/c1-4-14-5-7-15(8-6-14)13(3)19-17-10-9-16(18)11-12(17)2/h5-11,13,19H,4H2,1-3H3. The van der Waals surface area contributed by atoms with Crippen LogP contribution in [-0.4, -0.2) is 0 Å². The quantitative estimate of drug-likeness (QED) is 0.785. The van der Waals surface area contributed by atoms with Gasteiger partial charge in [-0.15, -0.1) is 0 Å². The molecular weight excluding hydrogens is 298 g/mol. The van der Waals surface area contributed by atoms with Crippen molar-refractivity contribution in [3.63, 3.8) is 0 Å². The Morgan fingerprint density at radius 1 is 1.11 bits per heavy atom. The summed E-state index contributed by atoms with van der Waals surface area (Å²) < 4.78 is 1.12. The van der Waals surface area contributed by atoms with Crippen molar-refractivity contribution in [2.24, 2.45) is 0 Å². The number of aryl methyl sites for hydroxylation is 2. The third kappa shape index (κ3) is 3.60. The summed E-state index contributed by atoms with van der Waals surface area (Å²) in [4.78, 5) is 0. The van der Waals surface area contributed by atoms with Gasteiger partial charge in [-0.3, -0.25) is 0 Å². The fourth-order valence-corrected chi connectivity index (χ4v) is 2.62. The van der Waals surface area contributed by atoms with E-state index < -0.39 is 0 Å². The van der Waals surface area contributed by atoms with Crippen LogP contribution in [0.3, 0.4) is 0 Å². The fraction of sp³-hybridized carbons (Fsp3) is 0.294. The Bertz CT molecular complexity index is 546. The highest BCUT2D eigenvalue weighted by atomic mass is 79.9. The van der Waals surface area contributed by atoms with Gasteiger partial charge >= 0.3 is 0 Å². The zero-order valence-electron chi connectivity index (χ0n) is 11.7. The molecule has 0 aliphatic carbocycles. The van der Waals surface area contributed by atoms with Crippen LogP contribution in [-0.2, 0) is 6.42 Å². The van der Waals surface area contributed by atoms with Crippen LogP contribution >= 0.6 is 15.9 Å². The Morgan fingerprint density at radius 2 is 1.79 bits per heavy atom. The van der Waals surface area contributed by atoms with E-state index in [1.165, 1.54) is 22.4 Å². The van der Waals surface area contributed by atoms with Gasteiger partial charge in [-0.1, -0.05) is 47.1 Å². The zero-order chi connectivity index (χ0) is 13.8. The van der Waals surface area contributed by atoms with Gasteiger partial charge in [-0.25, -0.2) is 0 Å². The molecule has 19 heavy (non-hydrogen) atoms. The van der Waals surface area contributed by atoms with Crippen LogP contribution in [0.4, 0.5) is 5.69 Å². The lowest BCUT2D eigenvalue weighted by atomic mass is 10.0. The predicted molar refractivity (Wildman–Crippen MR) is 86.7 cm³/mol. The number of rotatable bonds is 4. The Hall–Kier alpha value is -1.28. The van der Waals surface area contributed by atoms with Gasteiger partial charge in [0.1, 0.15) is 0 Å². The van der Waals surface area contributed by atoms with Gasteiger partial charge < -0.3 is 5.32 Å². The van der Waals surface area contributed by atoms with Gasteiger partial charge in [-0.2, -0.15) is 0 Å². The molecule has 1 atom stereocenters. The molecule has 0 spiro atoms. The first-order chi connectivity index (χ1) is 9.10. The van der Waals surface area contributed by atoms with Crippen molar-refractivity contribution >= 4 is 21.6 Å². The molecule has 0 aliphatic heterocycles. The molecule has 0 saturated carbocycles. The minimum Gasteiger partial charge on any atom is -0.378 e. The summed E-state index contributed by atoms with van der Waals surface area (Å²) in [6, 6.07) is 15.5. The maximum Gasteiger partial charge on any atom is 0.0485 e. The van der Waals surface area contributed by atoms with Gasteiger partial charge in [0, 0.05) is 16.2 Å². The van der Waals surface area contributed by atoms with E-state index in [1.807, 2.05) is 0 Å². The number of benzene rings is 2. The second-order valence-electron chi connectivity index (χ2n) is 4.92. The van der Waals surface area contributed by atoms with Gasteiger partial charge in [0.15, 0.2) is 0 Å². The monoisotopic (exact) mass is 317 g/mol. The molecule has 0 aromatic heterocycles. The molecular formula is C17H20BrN. The third-order valence-corrected chi connectivity index (χ3v) is 3.94. The van der Waals surface area contributed by atoms with Gasteiger partial charge in [0.2, 0.25) is 0 Å². The van der Waals surface area contributed by atoms with Gasteiger partial charge in [-0.05, 0) is 55.2 Å². The summed E-state index contributed by atoms with van der Waals surface area (Å²) >= 11 is 3.50. The van der Waals surface area contributed by atoms with Crippen LogP contribution in [0.2, 0.25) is 0 Å². The normalized spacial score (nSPS) is 12.2. The molecule has 2 heteroatoms. The molecule has 0 fully saturated rings. The Balaban J connectivity index is 2.13. The Kier molecular flexibility index (Phi) is 4.65. The first-order valence-electron chi connectivity index (χ1n) is 6.71. The van der Waals surface area contributed by atoms with E-state index in [1.54, 1.807) is 0 Å². The molecule has 100 valence electrons. The topological polar surface area (TPSA) is 12.0 Å². The minimum atomic E-state index is 0.311. The molecule has 0 saturated heterocycles. The summed E-state index contributed by atoms with van der Waals surface area (Å²) in [6.07, 6.45) is 1.09. The second kappa shape index (κ2) is 6.25. The number of nitrogens with one attached hydrogen (secondary N) is 1. The molecule has 0 radical (unpaired) electrons. The Labute approximate surface area is 124 Å². The average Bonchev–Trinajstić information content (AvgIpc) is 2.42. The molecule has 0 bridgehead atoms. The molecule has 0 aliphatic rings. The van der Waals surface area contributed by atoms with Gasteiger partial charge in [0.05, 0.1) is 0 Å². The highest BCUT2D eigenvalue weighted by Crippen LogP contribution is 2.25. The van der Waals surface area contributed by atoms with Crippen molar-refractivity contribution in [3.8, 4) is 0 Å². The lowest BCUT2D eigenvalue weighted by molar-refractivity contribution is 0.880. The van der Waals surface area contributed by atoms with E-state index in [2.05, 4.69) is 84.5 Å². The van der Waals surface area contributed by atoms with E-state index >= 15 is 0 Å². The molecule has 1 N–H and O–H groups in total. The van der Waals surface area contributed by atoms with E-state index in [4.69, 9.17) is 0 Å². The van der Waals surface area contributed by atoms with Crippen LogP contribution in [0.25, 0.3) is 0 Å². The third-order valence-electron chi connectivity index (χ3n) is 3.45. The number of hydrogen-bond donors (Lipinski definition) is 1.